The van der Waals surface area contributed by atoms with Gasteiger partial charge in [0.15, 0.2) is 5.78 Å². The number of nitro groups is 1. The van der Waals surface area contributed by atoms with Crippen LogP contribution in [0.2, 0.25) is 5.02 Å². The Hall–Kier alpha value is -2.98. The van der Waals surface area contributed by atoms with E-state index < -0.39 is 4.92 Å². The number of halogens is 1. The lowest BCUT2D eigenvalue weighted by Crippen LogP contribution is -2.04. The van der Waals surface area contributed by atoms with Crippen LogP contribution in [0, 0.1) is 16.0 Å². The normalized spacial score (nSPS) is 20.9. The van der Waals surface area contributed by atoms with Crippen molar-refractivity contribution in [2.75, 3.05) is 0 Å². The van der Waals surface area contributed by atoms with Gasteiger partial charge in [0.25, 0.3) is 5.69 Å². The van der Waals surface area contributed by atoms with Gasteiger partial charge in [0.05, 0.1) is 4.92 Å². The number of nitro benzene ring substituents is 1. The van der Waals surface area contributed by atoms with Gasteiger partial charge in [-0.3, -0.25) is 14.9 Å². The van der Waals surface area contributed by atoms with Crippen molar-refractivity contribution < 1.29 is 9.72 Å². The van der Waals surface area contributed by atoms with E-state index in [0.717, 1.165) is 11.1 Å². The second kappa shape index (κ2) is 6.97. The second-order valence-electron chi connectivity index (χ2n) is 6.71. The summed E-state index contributed by atoms with van der Waals surface area (Å²) >= 11 is 6.00. The van der Waals surface area contributed by atoms with Gasteiger partial charge >= 0.3 is 0 Å². The number of hydrogen-bond acceptors (Lipinski definition) is 3. The molecule has 0 unspecified atom stereocenters. The summed E-state index contributed by atoms with van der Waals surface area (Å²) in [5.74, 6) is -0.279. The molecule has 4 rings (SSSR count). The van der Waals surface area contributed by atoms with Crippen molar-refractivity contribution in [3.05, 3.63) is 111 Å². The van der Waals surface area contributed by atoms with E-state index in [4.69, 9.17) is 11.6 Å². The number of benzene rings is 3. The molecule has 0 aliphatic heterocycles. The summed E-state index contributed by atoms with van der Waals surface area (Å²) in [7, 11) is 0. The average molecular weight is 378 g/mol. The predicted molar refractivity (Wildman–Crippen MR) is 104 cm³/mol. The van der Waals surface area contributed by atoms with E-state index in [1.807, 2.05) is 60.7 Å². The van der Waals surface area contributed by atoms with E-state index in [9.17, 15) is 14.9 Å². The van der Waals surface area contributed by atoms with Crippen LogP contribution in [0.25, 0.3) is 0 Å². The molecule has 3 aromatic carbocycles. The fourth-order valence-corrected chi connectivity index (χ4v) is 3.92. The average Bonchev–Trinajstić information content (AvgIpc) is 3.44. The predicted octanol–water partition coefficient (Wildman–Crippen LogP) is 5.63. The quantitative estimate of drug-likeness (QED) is 0.329. The van der Waals surface area contributed by atoms with E-state index in [2.05, 4.69) is 0 Å². The molecule has 3 atom stereocenters. The Morgan fingerprint density at radius 1 is 0.852 bits per heavy atom. The van der Waals surface area contributed by atoms with E-state index in [1.165, 1.54) is 6.07 Å². The summed E-state index contributed by atoms with van der Waals surface area (Å²) in [4.78, 5) is 23.8. The van der Waals surface area contributed by atoms with Gasteiger partial charge in [0.2, 0.25) is 0 Å². The Balaban J connectivity index is 1.73. The molecule has 5 heteroatoms. The van der Waals surface area contributed by atoms with Crippen LogP contribution >= 0.6 is 11.6 Å². The molecule has 4 nitrogen and oxygen atoms in total. The van der Waals surface area contributed by atoms with Gasteiger partial charge in [0, 0.05) is 40.5 Å². The van der Waals surface area contributed by atoms with Gasteiger partial charge < -0.3 is 0 Å². The fraction of sp³-hybridized carbons (Fsp3) is 0.136. The standard InChI is InChI=1S/C22H16ClNO3/c23-17-11-9-14(10-12-17)19-20(16-7-4-8-18(13-16)24(26)27)21(19)22(25)15-5-2-1-3-6-15/h1-13,19-21H/t19-,20-,21-/m0/s1. The van der Waals surface area contributed by atoms with Crippen LogP contribution in [0.5, 0.6) is 0 Å². The van der Waals surface area contributed by atoms with Gasteiger partial charge in [-0.1, -0.05) is 66.2 Å². The Bertz CT molecular complexity index is 1000. The number of ketones is 1. The third-order valence-corrected chi connectivity index (χ3v) is 5.35. The SMILES string of the molecule is O=C(c1ccccc1)[C@H]1[C@@H](c2ccc(Cl)cc2)[C@@H]1c1cccc([N+](=O)[O-])c1. The molecule has 0 heterocycles. The molecule has 1 aliphatic carbocycles. The lowest BCUT2D eigenvalue weighted by Gasteiger charge is -2.01. The smallest absolute Gasteiger partial charge is 0.269 e. The molecule has 0 spiro atoms. The highest BCUT2D eigenvalue weighted by Gasteiger charge is 2.56. The Kier molecular flexibility index (Phi) is 4.50. The number of rotatable bonds is 5. The maximum atomic E-state index is 13.1. The zero-order valence-electron chi connectivity index (χ0n) is 14.3. The van der Waals surface area contributed by atoms with E-state index in [0.29, 0.717) is 10.6 Å². The first-order valence-electron chi connectivity index (χ1n) is 8.65. The summed E-state index contributed by atoms with van der Waals surface area (Å²) in [5, 5.41) is 11.8. The van der Waals surface area contributed by atoms with Crippen LogP contribution in [0.15, 0.2) is 78.9 Å². The molecule has 0 N–H and O–H groups in total. The van der Waals surface area contributed by atoms with Crippen molar-refractivity contribution in [2.45, 2.75) is 11.8 Å². The highest BCUT2D eigenvalue weighted by molar-refractivity contribution is 6.30. The van der Waals surface area contributed by atoms with Crippen molar-refractivity contribution >= 4 is 23.1 Å². The van der Waals surface area contributed by atoms with Gasteiger partial charge in [0.1, 0.15) is 0 Å². The zero-order chi connectivity index (χ0) is 19.0. The highest BCUT2D eigenvalue weighted by atomic mass is 35.5. The number of nitrogens with zero attached hydrogens (tertiary/aromatic N) is 1. The van der Waals surface area contributed by atoms with E-state index in [-0.39, 0.29) is 29.2 Å². The molecule has 27 heavy (non-hydrogen) atoms. The summed E-state index contributed by atoms with van der Waals surface area (Å²) < 4.78 is 0. The number of carbonyl (C=O) groups excluding carboxylic acids is 1. The summed E-state index contributed by atoms with van der Waals surface area (Å²) in [6.07, 6.45) is 0. The maximum absolute atomic E-state index is 13.1. The largest absolute Gasteiger partial charge is 0.294 e. The molecule has 0 aromatic heterocycles. The van der Waals surface area contributed by atoms with Gasteiger partial charge in [-0.15, -0.1) is 0 Å². The van der Waals surface area contributed by atoms with Crippen molar-refractivity contribution in [3.8, 4) is 0 Å². The topological polar surface area (TPSA) is 60.2 Å². The highest BCUT2D eigenvalue weighted by Crippen LogP contribution is 2.61. The molecule has 0 bridgehead atoms. The van der Waals surface area contributed by atoms with Crippen molar-refractivity contribution in [2.24, 2.45) is 5.92 Å². The van der Waals surface area contributed by atoms with Gasteiger partial charge in [-0.2, -0.15) is 0 Å². The van der Waals surface area contributed by atoms with Gasteiger partial charge in [-0.25, -0.2) is 0 Å². The first kappa shape index (κ1) is 17.4. The molecule has 0 saturated heterocycles. The molecule has 0 amide bonds. The third kappa shape index (κ3) is 3.36. The van der Waals surface area contributed by atoms with Crippen LogP contribution in [0.1, 0.15) is 33.3 Å². The molecule has 134 valence electrons. The Morgan fingerprint density at radius 3 is 2.19 bits per heavy atom. The van der Waals surface area contributed by atoms with Crippen molar-refractivity contribution in [1.82, 2.24) is 0 Å². The van der Waals surface area contributed by atoms with E-state index >= 15 is 0 Å². The summed E-state index contributed by atoms with van der Waals surface area (Å²) in [6, 6.07) is 23.2. The molecule has 1 fully saturated rings. The van der Waals surface area contributed by atoms with Crippen molar-refractivity contribution in [3.63, 3.8) is 0 Å². The van der Waals surface area contributed by atoms with Gasteiger partial charge in [-0.05, 0) is 23.3 Å². The first-order chi connectivity index (χ1) is 13.1. The zero-order valence-corrected chi connectivity index (χ0v) is 15.0. The molecular weight excluding hydrogens is 362 g/mol. The monoisotopic (exact) mass is 377 g/mol. The number of carbonyl (C=O) groups is 1. The minimum absolute atomic E-state index is 0.0167. The number of Topliss-reactive ketones (excluding diaryl/α,β-unsaturated/α-hetero) is 1. The molecule has 1 saturated carbocycles. The maximum Gasteiger partial charge on any atom is 0.269 e. The second-order valence-corrected chi connectivity index (χ2v) is 7.15. The van der Waals surface area contributed by atoms with Crippen molar-refractivity contribution in [1.29, 1.82) is 0 Å². The van der Waals surface area contributed by atoms with Crippen LogP contribution < -0.4 is 0 Å². The molecular formula is C22H16ClNO3. The van der Waals surface area contributed by atoms with E-state index in [1.54, 1.807) is 12.1 Å². The van der Waals surface area contributed by atoms with Crippen LogP contribution in [-0.2, 0) is 0 Å². The van der Waals surface area contributed by atoms with Crippen LogP contribution in [0.4, 0.5) is 5.69 Å². The number of hydrogen-bond donors (Lipinski definition) is 0. The molecule has 1 aliphatic rings. The fourth-order valence-electron chi connectivity index (χ4n) is 3.79. The minimum Gasteiger partial charge on any atom is -0.294 e. The first-order valence-corrected chi connectivity index (χ1v) is 9.03. The molecule has 0 radical (unpaired) electrons. The van der Waals surface area contributed by atoms with Crippen LogP contribution in [0.3, 0.4) is 0 Å². The molecule has 3 aromatic rings. The summed E-state index contributed by atoms with van der Waals surface area (Å²) in [5.41, 5.74) is 2.54. The third-order valence-electron chi connectivity index (χ3n) is 5.10. The minimum atomic E-state index is -0.406. The summed E-state index contributed by atoms with van der Waals surface area (Å²) in [6.45, 7) is 0. The Labute approximate surface area is 161 Å². The lowest BCUT2D eigenvalue weighted by molar-refractivity contribution is -0.384. The number of non-ortho nitro benzene ring substituents is 1. The van der Waals surface area contributed by atoms with Crippen LogP contribution in [-0.4, -0.2) is 10.7 Å². The Morgan fingerprint density at radius 2 is 1.52 bits per heavy atom. The lowest BCUT2D eigenvalue weighted by atomic mass is 10.0.